The molecule has 0 fully saturated rings. The zero-order valence-electron chi connectivity index (χ0n) is 16.2. The molecule has 0 saturated carbocycles. The van der Waals surface area contributed by atoms with E-state index in [-0.39, 0.29) is 58.1 Å². The first-order chi connectivity index (χ1) is 13.9. The van der Waals surface area contributed by atoms with Gasteiger partial charge in [-0.15, -0.1) is 0 Å². The Kier molecular flexibility index (Phi) is 9.55. The van der Waals surface area contributed by atoms with Crippen molar-refractivity contribution in [3.8, 4) is 0 Å². The molecule has 0 aliphatic heterocycles. The van der Waals surface area contributed by atoms with E-state index >= 15 is 0 Å². The van der Waals surface area contributed by atoms with E-state index in [2.05, 4.69) is 10.6 Å². The van der Waals surface area contributed by atoms with Gasteiger partial charge in [0, 0.05) is 5.02 Å². The van der Waals surface area contributed by atoms with E-state index in [1.165, 1.54) is 12.1 Å². The minimum absolute atomic E-state index is 0. The first-order valence-electron chi connectivity index (χ1n) is 8.77. The second-order valence-corrected chi connectivity index (χ2v) is 6.69. The fraction of sp³-hybridized carbons (Fsp3) is 0.136. The van der Waals surface area contributed by atoms with Crippen LogP contribution in [0, 0.1) is 0 Å². The molecule has 0 aromatic heterocycles. The Morgan fingerprint density at radius 1 is 0.900 bits per heavy atom. The zero-order chi connectivity index (χ0) is 20.9. The van der Waals surface area contributed by atoms with E-state index in [0.717, 1.165) is 23.3 Å². The van der Waals surface area contributed by atoms with Crippen molar-refractivity contribution < 1.29 is 69.4 Å². The third kappa shape index (κ3) is 6.65. The third-order valence-electron chi connectivity index (χ3n) is 4.29. The molecule has 0 radical (unpaired) electrons. The Balaban J connectivity index is 0.00000320. The number of alkyl halides is 3. The summed E-state index contributed by atoms with van der Waals surface area (Å²) in [5.74, 6) is -0.829. The van der Waals surface area contributed by atoms with Crippen molar-refractivity contribution >= 4 is 17.5 Å². The molecule has 1 amide bonds. The number of carbonyl (C=O) groups excluding carboxylic acids is 1. The number of amides is 1. The maximum absolute atomic E-state index is 13.1. The van der Waals surface area contributed by atoms with Gasteiger partial charge in [0.2, 0.25) is 5.91 Å². The van der Waals surface area contributed by atoms with E-state index in [1.54, 1.807) is 12.1 Å². The first kappa shape index (κ1) is 25.1. The SMILES string of the molecule is O=C(NC[N-]C(c1ccccc1)c1ccc(Cl)cc1)c1ccccc1C(F)(F)F.[K+]. The maximum Gasteiger partial charge on any atom is 1.00 e. The summed E-state index contributed by atoms with van der Waals surface area (Å²) >= 11 is 5.95. The molecule has 0 aliphatic carbocycles. The first-order valence-corrected chi connectivity index (χ1v) is 9.15. The van der Waals surface area contributed by atoms with Gasteiger partial charge >= 0.3 is 57.6 Å². The summed E-state index contributed by atoms with van der Waals surface area (Å²) in [5.41, 5.74) is 0.332. The number of rotatable bonds is 6. The molecule has 0 heterocycles. The molecule has 1 atom stereocenters. The fourth-order valence-electron chi connectivity index (χ4n) is 2.92. The molecule has 3 rings (SSSR count). The molecular formula is C22H17ClF3KN2O. The molecule has 0 bridgehead atoms. The Labute approximate surface area is 220 Å². The minimum Gasteiger partial charge on any atom is -0.635 e. The van der Waals surface area contributed by atoms with Gasteiger partial charge in [-0.05, 0) is 24.3 Å². The number of halogens is 4. The summed E-state index contributed by atoms with van der Waals surface area (Å²) in [6, 6.07) is 20.8. The molecule has 150 valence electrons. The molecule has 8 heteroatoms. The van der Waals surface area contributed by atoms with Gasteiger partial charge in [0.05, 0.1) is 11.1 Å². The summed E-state index contributed by atoms with van der Waals surface area (Å²) in [6.07, 6.45) is -4.61. The van der Waals surface area contributed by atoms with Gasteiger partial charge in [0.25, 0.3) is 0 Å². The van der Waals surface area contributed by atoms with Crippen molar-refractivity contribution in [2.45, 2.75) is 12.2 Å². The number of hydrogen-bond acceptors (Lipinski definition) is 1. The van der Waals surface area contributed by atoms with Gasteiger partial charge in [-0.1, -0.05) is 90.0 Å². The second kappa shape index (κ2) is 11.4. The van der Waals surface area contributed by atoms with Crippen molar-refractivity contribution in [2.24, 2.45) is 0 Å². The quantitative estimate of drug-likeness (QED) is 0.569. The number of benzene rings is 3. The molecule has 3 aromatic rings. The molecular weight excluding hydrogens is 440 g/mol. The average molecular weight is 457 g/mol. The minimum atomic E-state index is -4.61. The van der Waals surface area contributed by atoms with Gasteiger partial charge in [0.1, 0.15) is 0 Å². The van der Waals surface area contributed by atoms with E-state index in [0.29, 0.717) is 5.02 Å². The van der Waals surface area contributed by atoms with Crippen LogP contribution in [0.4, 0.5) is 13.2 Å². The van der Waals surface area contributed by atoms with E-state index in [1.807, 2.05) is 42.5 Å². The maximum atomic E-state index is 13.1. The van der Waals surface area contributed by atoms with Gasteiger partial charge in [-0.3, -0.25) is 4.79 Å². The van der Waals surface area contributed by atoms with Crippen LogP contribution >= 0.6 is 11.6 Å². The average Bonchev–Trinajstić information content (AvgIpc) is 2.72. The summed E-state index contributed by atoms with van der Waals surface area (Å²) in [7, 11) is 0. The van der Waals surface area contributed by atoms with Crippen molar-refractivity contribution in [2.75, 3.05) is 6.67 Å². The molecule has 3 nitrogen and oxygen atoms in total. The second-order valence-electron chi connectivity index (χ2n) is 6.25. The summed E-state index contributed by atoms with van der Waals surface area (Å²) in [5, 5.41) is 7.54. The van der Waals surface area contributed by atoms with Crippen molar-refractivity contribution in [3.05, 3.63) is 111 Å². The Bertz CT molecular complexity index is 966. The van der Waals surface area contributed by atoms with Crippen LogP contribution in [0.5, 0.6) is 0 Å². The van der Waals surface area contributed by atoms with Crippen LogP contribution in [0.15, 0.2) is 78.9 Å². The van der Waals surface area contributed by atoms with Crippen LogP contribution in [-0.4, -0.2) is 12.6 Å². The van der Waals surface area contributed by atoms with Crippen molar-refractivity contribution in [1.82, 2.24) is 5.32 Å². The molecule has 1 N–H and O–H groups in total. The van der Waals surface area contributed by atoms with Crippen LogP contribution in [-0.2, 0) is 6.18 Å². The van der Waals surface area contributed by atoms with Crippen LogP contribution in [0.1, 0.15) is 33.1 Å². The molecule has 0 saturated heterocycles. The van der Waals surface area contributed by atoms with Crippen molar-refractivity contribution in [3.63, 3.8) is 0 Å². The van der Waals surface area contributed by atoms with E-state index in [4.69, 9.17) is 11.6 Å². The number of hydrogen-bond donors (Lipinski definition) is 1. The molecule has 30 heavy (non-hydrogen) atoms. The van der Waals surface area contributed by atoms with Crippen molar-refractivity contribution in [1.29, 1.82) is 0 Å². The molecule has 0 aliphatic rings. The van der Waals surface area contributed by atoms with E-state index < -0.39 is 29.3 Å². The standard InChI is InChI=1S/C22H17ClF3N2O.K/c23-17-12-10-16(11-13-17)20(15-6-2-1-3-7-15)27-14-28-21(29)18-8-4-5-9-19(18)22(24,25)26;/h1-13,20H,14H2,(H,28,29);/q-1;+1. The molecule has 1 unspecified atom stereocenters. The molecule has 3 aromatic carbocycles. The zero-order valence-corrected chi connectivity index (χ0v) is 20.0. The predicted octanol–water partition coefficient (Wildman–Crippen LogP) is 3.21. The van der Waals surface area contributed by atoms with Crippen LogP contribution in [0.3, 0.4) is 0 Å². The molecule has 0 spiro atoms. The predicted molar refractivity (Wildman–Crippen MR) is 107 cm³/mol. The largest absolute Gasteiger partial charge is 1.00 e. The van der Waals surface area contributed by atoms with Gasteiger partial charge < -0.3 is 10.6 Å². The normalized spacial score (nSPS) is 12.0. The Morgan fingerprint density at radius 3 is 2.10 bits per heavy atom. The fourth-order valence-corrected chi connectivity index (χ4v) is 3.04. The van der Waals surface area contributed by atoms with E-state index in [9.17, 15) is 18.0 Å². The van der Waals surface area contributed by atoms with Gasteiger partial charge in [0.15, 0.2) is 0 Å². The smallest absolute Gasteiger partial charge is 0.635 e. The summed E-state index contributed by atoms with van der Waals surface area (Å²) in [6.45, 7) is -0.146. The van der Waals surface area contributed by atoms with Crippen LogP contribution < -0.4 is 56.7 Å². The summed E-state index contributed by atoms with van der Waals surface area (Å²) < 4.78 is 39.4. The van der Waals surface area contributed by atoms with Crippen LogP contribution in [0.2, 0.25) is 5.02 Å². The van der Waals surface area contributed by atoms with Gasteiger partial charge in [-0.2, -0.15) is 13.2 Å². The van der Waals surface area contributed by atoms with Crippen LogP contribution in [0.25, 0.3) is 5.32 Å². The number of nitrogens with one attached hydrogen (secondary N) is 1. The third-order valence-corrected chi connectivity index (χ3v) is 4.54. The monoisotopic (exact) mass is 456 g/mol. The van der Waals surface area contributed by atoms with Gasteiger partial charge in [-0.25, -0.2) is 0 Å². The Hall–Kier alpha value is -1.19. The Morgan fingerprint density at radius 2 is 1.47 bits per heavy atom. The number of carbonyl (C=O) groups is 1. The summed E-state index contributed by atoms with van der Waals surface area (Å²) in [4.78, 5) is 12.3. The topological polar surface area (TPSA) is 43.2 Å². The number of nitrogens with zero attached hydrogens (tertiary/aromatic N) is 1.